The number of rotatable bonds is 8. The highest BCUT2D eigenvalue weighted by atomic mass is 32.1. The number of hydrogen-bond acceptors (Lipinski definition) is 6. The number of thiocarbonyl (C=S) groups is 1. The van der Waals surface area contributed by atoms with Crippen LogP contribution in [0.1, 0.15) is 13.3 Å². The molecule has 0 fully saturated rings. The number of hydrogen-bond donors (Lipinski definition) is 4. The molecule has 6 nitrogen and oxygen atoms in total. The summed E-state index contributed by atoms with van der Waals surface area (Å²) in [4.78, 5) is 0.987. The zero-order valence-electron chi connectivity index (χ0n) is 12.1. The largest absolute Gasteiger partial charge is 0.396 e. The maximum absolute atomic E-state index is 13.6. The summed E-state index contributed by atoms with van der Waals surface area (Å²) in [5.74, 6) is -0.742. The lowest BCUT2D eigenvalue weighted by atomic mass is 9.99. The van der Waals surface area contributed by atoms with Crippen LogP contribution in [-0.4, -0.2) is 71.0 Å². The minimum absolute atomic E-state index is 0.110. The first-order valence-corrected chi connectivity index (χ1v) is 6.49. The number of aliphatic hydroxyl groups excluding tert-OH is 2. The van der Waals surface area contributed by atoms with Crippen molar-refractivity contribution in [3.63, 3.8) is 0 Å². The number of aliphatic hydroxyl groups is 3. The molecule has 4 N–H and O–H groups in total. The van der Waals surface area contributed by atoms with Crippen molar-refractivity contribution >= 4 is 17.2 Å². The van der Waals surface area contributed by atoms with Crippen LogP contribution in [0.2, 0.25) is 0 Å². The molecular formula is C12H23FN2O4S. The van der Waals surface area contributed by atoms with Crippen molar-refractivity contribution in [1.82, 2.24) is 10.2 Å². The monoisotopic (exact) mass is 310 g/mol. The zero-order valence-corrected chi connectivity index (χ0v) is 12.9. The number of likely N-dealkylation sites (N-methyl/N-ethyl adjacent to an activating group) is 2. The average Bonchev–Trinajstić information content (AvgIpc) is 2.42. The lowest BCUT2D eigenvalue weighted by Gasteiger charge is -2.40. The second kappa shape index (κ2) is 8.48. The first-order chi connectivity index (χ1) is 9.22. The fourth-order valence-electron chi connectivity index (χ4n) is 1.57. The minimum atomic E-state index is -1.80. The van der Waals surface area contributed by atoms with Gasteiger partial charge in [-0.3, -0.25) is 0 Å². The van der Waals surface area contributed by atoms with E-state index in [2.05, 4.69) is 5.32 Å². The van der Waals surface area contributed by atoms with Crippen molar-refractivity contribution < 1.29 is 24.4 Å². The van der Waals surface area contributed by atoms with Crippen LogP contribution in [0.4, 0.5) is 4.39 Å². The molecule has 0 saturated heterocycles. The Hall–Kier alpha value is -0.800. The molecule has 2 unspecified atom stereocenters. The van der Waals surface area contributed by atoms with E-state index in [4.69, 9.17) is 22.1 Å². The van der Waals surface area contributed by atoms with E-state index in [0.29, 0.717) is 0 Å². The van der Waals surface area contributed by atoms with E-state index in [1.165, 1.54) is 28.1 Å². The summed E-state index contributed by atoms with van der Waals surface area (Å²) in [6.07, 6.45) is -1.02. The van der Waals surface area contributed by atoms with Crippen molar-refractivity contribution in [2.75, 3.05) is 27.8 Å². The number of ether oxygens (including phenoxy) is 1. The van der Waals surface area contributed by atoms with Gasteiger partial charge in [0.25, 0.3) is 0 Å². The Bertz CT molecular complexity index is 352. The molecule has 0 amide bonds. The molecule has 0 saturated carbocycles. The number of nitrogens with one attached hydrogen (secondary N) is 1. The maximum atomic E-state index is 13.6. The summed E-state index contributed by atoms with van der Waals surface area (Å²) < 4.78 is 18.6. The Labute approximate surface area is 123 Å². The fraction of sp³-hybridized carbons (Fsp3) is 0.750. The minimum Gasteiger partial charge on any atom is -0.396 e. The second-order valence-electron chi connectivity index (χ2n) is 4.49. The molecule has 0 aromatic rings. The summed E-state index contributed by atoms with van der Waals surface area (Å²) in [6.45, 7) is 1.11. The zero-order chi connectivity index (χ0) is 15.9. The van der Waals surface area contributed by atoms with Gasteiger partial charge >= 0.3 is 0 Å². The smallest absolute Gasteiger partial charge is 0.173 e. The topological polar surface area (TPSA) is 85.2 Å². The van der Waals surface area contributed by atoms with Gasteiger partial charge in [0.2, 0.25) is 0 Å². The van der Waals surface area contributed by atoms with Gasteiger partial charge in [-0.15, -0.1) is 0 Å². The molecule has 20 heavy (non-hydrogen) atoms. The van der Waals surface area contributed by atoms with E-state index in [1.54, 1.807) is 0 Å². The van der Waals surface area contributed by atoms with Crippen molar-refractivity contribution in [3.05, 3.63) is 12.0 Å². The van der Waals surface area contributed by atoms with Gasteiger partial charge in [0.1, 0.15) is 11.1 Å². The predicted molar refractivity (Wildman–Crippen MR) is 77.7 cm³/mol. The van der Waals surface area contributed by atoms with Crippen molar-refractivity contribution in [2.45, 2.75) is 31.3 Å². The van der Waals surface area contributed by atoms with Gasteiger partial charge in [-0.05, 0) is 13.3 Å². The molecule has 0 aliphatic heterocycles. The summed E-state index contributed by atoms with van der Waals surface area (Å²) in [7, 11) is 4.23. The fourth-order valence-corrected chi connectivity index (χ4v) is 1.62. The number of halogens is 1. The van der Waals surface area contributed by atoms with E-state index in [-0.39, 0.29) is 18.0 Å². The van der Waals surface area contributed by atoms with E-state index in [1.807, 2.05) is 0 Å². The maximum Gasteiger partial charge on any atom is 0.173 e. The normalized spacial score (nSPS) is 18.1. The summed E-state index contributed by atoms with van der Waals surface area (Å²) >= 11 is 4.72. The Balaban J connectivity index is 5.05. The van der Waals surface area contributed by atoms with Crippen molar-refractivity contribution in [3.8, 4) is 0 Å². The third-order valence-corrected chi connectivity index (χ3v) is 3.49. The van der Waals surface area contributed by atoms with Gasteiger partial charge in [-0.25, -0.2) is 4.39 Å². The van der Waals surface area contributed by atoms with Crippen LogP contribution < -0.4 is 5.32 Å². The molecule has 8 heteroatoms. The molecule has 0 aromatic carbocycles. The van der Waals surface area contributed by atoms with Crippen LogP contribution in [-0.2, 0) is 4.74 Å². The van der Waals surface area contributed by atoms with Gasteiger partial charge in [0.05, 0.1) is 6.10 Å². The third kappa shape index (κ3) is 4.95. The van der Waals surface area contributed by atoms with E-state index in [0.717, 1.165) is 11.1 Å². The van der Waals surface area contributed by atoms with Crippen LogP contribution in [0.15, 0.2) is 12.0 Å². The predicted octanol–water partition coefficient (Wildman–Crippen LogP) is -0.257. The van der Waals surface area contributed by atoms with Crippen LogP contribution in [0.5, 0.6) is 0 Å². The van der Waals surface area contributed by atoms with Crippen LogP contribution >= 0.6 is 12.2 Å². The van der Waals surface area contributed by atoms with Crippen LogP contribution in [0.3, 0.4) is 0 Å². The molecule has 3 atom stereocenters. The van der Waals surface area contributed by atoms with E-state index >= 15 is 0 Å². The molecule has 118 valence electrons. The van der Waals surface area contributed by atoms with Gasteiger partial charge in [-0.2, -0.15) is 0 Å². The molecule has 0 rings (SSSR count). The standard InChI is InChI=1S/C12H23FN2O4S/c1-12(18,10(17)9(19-4)5-6-16)15(3)7-8(13)11(20)14-2/h7,9-10,16-18H,5-6H2,1-4H3,(H,14,20)/b8-7+/t9?,10-,12?/m0/s1. The summed E-state index contributed by atoms with van der Waals surface area (Å²) in [6, 6.07) is 0. The molecule has 0 spiro atoms. The van der Waals surface area contributed by atoms with E-state index < -0.39 is 23.8 Å². The quantitative estimate of drug-likeness (QED) is 0.279. The van der Waals surface area contributed by atoms with Gasteiger partial charge in [-0.1, -0.05) is 12.2 Å². The third-order valence-electron chi connectivity index (χ3n) is 3.09. The number of nitrogens with zero attached hydrogens (tertiary/aromatic N) is 1. The van der Waals surface area contributed by atoms with Crippen LogP contribution in [0, 0.1) is 0 Å². The SMILES string of the molecule is CNC(=S)/C(F)=C\N(C)C(C)(O)[C@@H](O)C(CCO)OC. The highest BCUT2D eigenvalue weighted by Gasteiger charge is 2.39. The van der Waals surface area contributed by atoms with Gasteiger partial charge in [0.15, 0.2) is 11.6 Å². The first kappa shape index (κ1) is 19.2. The average molecular weight is 310 g/mol. The second-order valence-corrected chi connectivity index (χ2v) is 4.90. The molecule has 0 heterocycles. The summed E-state index contributed by atoms with van der Waals surface area (Å²) in [5.41, 5.74) is -1.80. The summed E-state index contributed by atoms with van der Waals surface area (Å²) in [5, 5.41) is 31.8. The molecule has 0 bridgehead atoms. The lowest BCUT2D eigenvalue weighted by Crippen LogP contribution is -2.56. The molecule has 0 aliphatic rings. The Morgan fingerprint density at radius 3 is 2.55 bits per heavy atom. The van der Waals surface area contributed by atoms with Gasteiger partial charge in [0, 0.05) is 34.0 Å². The Morgan fingerprint density at radius 2 is 2.15 bits per heavy atom. The van der Waals surface area contributed by atoms with Crippen molar-refractivity contribution in [1.29, 1.82) is 0 Å². The van der Waals surface area contributed by atoms with Gasteiger partial charge < -0.3 is 30.3 Å². The molecular weight excluding hydrogens is 287 g/mol. The molecule has 0 aromatic heterocycles. The number of methoxy groups -OCH3 is 1. The first-order valence-electron chi connectivity index (χ1n) is 6.08. The lowest BCUT2D eigenvalue weighted by molar-refractivity contribution is -0.183. The Morgan fingerprint density at radius 1 is 1.60 bits per heavy atom. The Kier molecular flexibility index (Phi) is 8.14. The highest BCUT2D eigenvalue weighted by Crippen LogP contribution is 2.22. The molecule has 0 radical (unpaired) electrons. The van der Waals surface area contributed by atoms with Crippen molar-refractivity contribution in [2.24, 2.45) is 0 Å². The van der Waals surface area contributed by atoms with Crippen LogP contribution in [0.25, 0.3) is 0 Å². The highest BCUT2D eigenvalue weighted by molar-refractivity contribution is 7.80. The van der Waals surface area contributed by atoms with E-state index in [9.17, 15) is 14.6 Å². The molecule has 0 aliphatic carbocycles.